The fraction of sp³-hybridized carbons (Fsp3) is 0.500. The Morgan fingerprint density at radius 3 is 2.94 bits per heavy atom. The van der Waals surface area contributed by atoms with Gasteiger partial charge in [0.15, 0.2) is 0 Å². The number of fused-ring (bicyclic) bond motifs is 1. The van der Waals surface area contributed by atoms with E-state index < -0.39 is 0 Å². The van der Waals surface area contributed by atoms with Gasteiger partial charge in [0.2, 0.25) is 0 Å². The zero-order valence-electron chi connectivity index (χ0n) is 11.0. The standard InChI is InChI=1S/C14H19NO3/c1-9(2)12-8-18-13-6-10(14(16)17-3)4-5-11(13)7-15-12/h4-6,9,12,15H,7-8H2,1-3H3. The van der Waals surface area contributed by atoms with Crippen molar-refractivity contribution in [3.8, 4) is 5.75 Å². The SMILES string of the molecule is COC(=O)c1ccc2c(c1)OCC(C(C)C)NC2. The van der Waals surface area contributed by atoms with Gasteiger partial charge in [-0.1, -0.05) is 19.9 Å². The maximum atomic E-state index is 11.5. The highest BCUT2D eigenvalue weighted by Gasteiger charge is 2.20. The van der Waals surface area contributed by atoms with Crippen molar-refractivity contribution in [3.63, 3.8) is 0 Å². The molecule has 4 heteroatoms. The first-order valence-corrected chi connectivity index (χ1v) is 6.19. The molecule has 1 unspecified atom stereocenters. The summed E-state index contributed by atoms with van der Waals surface area (Å²) in [6.07, 6.45) is 0. The molecule has 0 radical (unpaired) electrons. The van der Waals surface area contributed by atoms with Gasteiger partial charge in [-0.05, 0) is 18.1 Å². The highest BCUT2D eigenvalue weighted by Crippen LogP contribution is 2.24. The summed E-state index contributed by atoms with van der Waals surface area (Å²) in [5.41, 5.74) is 1.60. The van der Waals surface area contributed by atoms with Crippen molar-refractivity contribution in [1.29, 1.82) is 0 Å². The number of rotatable bonds is 2. The summed E-state index contributed by atoms with van der Waals surface area (Å²) in [4.78, 5) is 11.5. The van der Waals surface area contributed by atoms with Crippen LogP contribution in [0.25, 0.3) is 0 Å². The summed E-state index contributed by atoms with van der Waals surface area (Å²) >= 11 is 0. The molecule has 1 aromatic carbocycles. The van der Waals surface area contributed by atoms with E-state index in [0.717, 1.165) is 17.9 Å². The zero-order chi connectivity index (χ0) is 13.1. The molecule has 1 atom stereocenters. The number of nitrogens with one attached hydrogen (secondary N) is 1. The van der Waals surface area contributed by atoms with Crippen molar-refractivity contribution in [2.24, 2.45) is 5.92 Å². The fourth-order valence-corrected chi connectivity index (χ4v) is 1.99. The average Bonchev–Trinajstić information content (AvgIpc) is 2.59. The Bertz CT molecular complexity index is 443. The van der Waals surface area contributed by atoms with Crippen LogP contribution >= 0.6 is 0 Å². The van der Waals surface area contributed by atoms with Crippen molar-refractivity contribution >= 4 is 5.97 Å². The quantitative estimate of drug-likeness (QED) is 0.814. The number of hydrogen-bond acceptors (Lipinski definition) is 4. The second kappa shape index (κ2) is 5.40. The third kappa shape index (κ3) is 2.64. The van der Waals surface area contributed by atoms with Gasteiger partial charge in [-0.25, -0.2) is 4.79 Å². The topological polar surface area (TPSA) is 47.6 Å². The molecule has 1 aliphatic heterocycles. The number of benzene rings is 1. The molecule has 0 fully saturated rings. The zero-order valence-corrected chi connectivity index (χ0v) is 11.0. The van der Waals surface area contributed by atoms with Gasteiger partial charge in [0, 0.05) is 18.2 Å². The molecule has 0 amide bonds. The first-order chi connectivity index (χ1) is 8.61. The number of esters is 1. The van der Waals surface area contributed by atoms with Gasteiger partial charge < -0.3 is 14.8 Å². The molecule has 1 aromatic rings. The number of methoxy groups -OCH3 is 1. The van der Waals surface area contributed by atoms with Crippen LogP contribution in [0.4, 0.5) is 0 Å². The number of carbonyl (C=O) groups is 1. The van der Waals surface area contributed by atoms with Crippen molar-refractivity contribution in [1.82, 2.24) is 5.32 Å². The molecular weight excluding hydrogens is 230 g/mol. The summed E-state index contributed by atoms with van der Waals surface area (Å²) < 4.78 is 10.5. The van der Waals surface area contributed by atoms with Crippen LogP contribution in [0.3, 0.4) is 0 Å². The molecule has 2 rings (SSSR count). The van der Waals surface area contributed by atoms with Gasteiger partial charge in [0.25, 0.3) is 0 Å². The summed E-state index contributed by atoms with van der Waals surface area (Å²) in [7, 11) is 1.38. The lowest BCUT2D eigenvalue weighted by Gasteiger charge is -2.18. The van der Waals surface area contributed by atoms with Crippen molar-refractivity contribution in [2.45, 2.75) is 26.4 Å². The first kappa shape index (κ1) is 12.9. The van der Waals surface area contributed by atoms with E-state index in [0.29, 0.717) is 24.1 Å². The van der Waals surface area contributed by atoms with Crippen LogP contribution in [0.1, 0.15) is 29.8 Å². The number of ether oxygens (including phenoxy) is 2. The molecule has 0 bridgehead atoms. The van der Waals surface area contributed by atoms with Crippen molar-refractivity contribution in [2.75, 3.05) is 13.7 Å². The smallest absolute Gasteiger partial charge is 0.337 e. The molecule has 98 valence electrons. The molecule has 0 aromatic heterocycles. The fourth-order valence-electron chi connectivity index (χ4n) is 1.99. The van der Waals surface area contributed by atoms with Gasteiger partial charge in [-0.15, -0.1) is 0 Å². The summed E-state index contributed by atoms with van der Waals surface area (Å²) in [6, 6.07) is 5.77. The number of carbonyl (C=O) groups excluding carboxylic acids is 1. The van der Waals surface area contributed by atoms with E-state index in [9.17, 15) is 4.79 Å². The minimum Gasteiger partial charge on any atom is -0.492 e. The molecule has 1 aliphatic rings. The highest BCUT2D eigenvalue weighted by atomic mass is 16.5. The van der Waals surface area contributed by atoms with Gasteiger partial charge in [-0.2, -0.15) is 0 Å². The van der Waals surface area contributed by atoms with Gasteiger partial charge in [0.05, 0.1) is 12.7 Å². The second-order valence-corrected chi connectivity index (χ2v) is 4.86. The molecule has 1 N–H and O–H groups in total. The van der Waals surface area contributed by atoms with Crippen LogP contribution in [0.15, 0.2) is 18.2 Å². The Morgan fingerprint density at radius 1 is 1.50 bits per heavy atom. The van der Waals surface area contributed by atoms with E-state index in [-0.39, 0.29) is 5.97 Å². The van der Waals surface area contributed by atoms with Crippen LogP contribution in [0, 0.1) is 5.92 Å². The largest absolute Gasteiger partial charge is 0.492 e. The van der Waals surface area contributed by atoms with Gasteiger partial charge in [-0.3, -0.25) is 0 Å². The molecule has 0 saturated carbocycles. The number of hydrogen-bond donors (Lipinski definition) is 1. The third-order valence-corrected chi connectivity index (χ3v) is 3.27. The molecule has 18 heavy (non-hydrogen) atoms. The maximum Gasteiger partial charge on any atom is 0.337 e. The normalized spacial score (nSPS) is 18.8. The first-order valence-electron chi connectivity index (χ1n) is 6.19. The maximum absolute atomic E-state index is 11.5. The summed E-state index contributed by atoms with van der Waals surface area (Å²) in [5.74, 6) is 0.951. The van der Waals surface area contributed by atoms with E-state index in [4.69, 9.17) is 9.47 Å². The van der Waals surface area contributed by atoms with E-state index in [1.807, 2.05) is 6.07 Å². The Kier molecular flexibility index (Phi) is 3.87. The van der Waals surface area contributed by atoms with Crippen LogP contribution in [-0.4, -0.2) is 25.7 Å². The Morgan fingerprint density at radius 2 is 2.28 bits per heavy atom. The predicted octanol–water partition coefficient (Wildman–Crippen LogP) is 1.98. The molecule has 0 saturated heterocycles. The molecular formula is C14H19NO3. The predicted molar refractivity (Wildman–Crippen MR) is 68.7 cm³/mol. The lowest BCUT2D eigenvalue weighted by atomic mass is 10.1. The van der Waals surface area contributed by atoms with E-state index in [1.165, 1.54) is 7.11 Å². The lowest BCUT2D eigenvalue weighted by Crippen LogP contribution is -2.36. The van der Waals surface area contributed by atoms with Crippen LogP contribution in [0.2, 0.25) is 0 Å². The monoisotopic (exact) mass is 249 g/mol. The highest BCUT2D eigenvalue weighted by molar-refractivity contribution is 5.89. The summed E-state index contributed by atoms with van der Waals surface area (Å²) in [5, 5.41) is 3.46. The van der Waals surface area contributed by atoms with Crippen LogP contribution < -0.4 is 10.1 Å². The van der Waals surface area contributed by atoms with Crippen LogP contribution in [-0.2, 0) is 11.3 Å². The molecule has 1 heterocycles. The van der Waals surface area contributed by atoms with Crippen molar-refractivity contribution < 1.29 is 14.3 Å². The molecule has 0 spiro atoms. The Labute approximate surface area is 107 Å². The van der Waals surface area contributed by atoms with Crippen molar-refractivity contribution in [3.05, 3.63) is 29.3 Å². The van der Waals surface area contributed by atoms with E-state index in [2.05, 4.69) is 19.2 Å². The van der Waals surface area contributed by atoms with E-state index >= 15 is 0 Å². The Balaban J connectivity index is 2.20. The molecule has 4 nitrogen and oxygen atoms in total. The van der Waals surface area contributed by atoms with Gasteiger partial charge in [0.1, 0.15) is 12.4 Å². The average molecular weight is 249 g/mol. The van der Waals surface area contributed by atoms with Crippen LogP contribution in [0.5, 0.6) is 5.75 Å². The minimum atomic E-state index is -0.334. The molecule has 0 aliphatic carbocycles. The Hall–Kier alpha value is -1.55. The minimum absolute atomic E-state index is 0.332. The van der Waals surface area contributed by atoms with Gasteiger partial charge >= 0.3 is 5.97 Å². The third-order valence-electron chi connectivity index (χ3n) is 3.27. The summed E-state index contributed by atoms with van der Waals surface area (Å²) in [6.45, 7) is 5.71. The second-order valence-electron chi connectivity index (χ2n) is 4.86. The van der Waals surface area contributed by atoms with E-state index in [1.54, 1.807) is 12.1 Å². The lowest BCUT2D eigenvalue weighted by molar-refractivity contribution is 0.0600.